The minimum Gasteiger partial charge on any atom is -0.504 e. The van der Waals surface area contributed by atoms with Gasteiger partial charge in [0.15, 0.2) is 11.5 Å². The minimum atomic E-state index is -0.145. The van der Waals surface area contributed by atoms with Crippen molar-refractivity contribution in [2.24, 2.45) is 0 Å². The van der Waals surface area contributed by atoms with Gasteiger partial charge >= 0.3 is 0 Å². The van der Waals surface area contributed by atoms with E-state index in [1.54, 1.807) is 0 Å². The molecular weight excluding hydrogens is 404 g/mol. The first kappa shape index (κ1) is 20.1. The number of rotatable bonds is 2. The van der Waals surface area contributed by atoms with Gasteiger partial charge in [0, 0.05) is 17.3 Å². The molecule has 2 heteroatoms. The average Bonchev–Trinajstić information content (AvgIpc) is 2.87. The fourth-order valence-electron chi connectivity index (χ4n) is 6.50. The largest absolute Gasteiger partial charge is 0.504 e. The first-order chi connectivity index (χ1) is 16.2. The number of phenolic OH excluding ortho intramolecular Hbond substituents is 2. The summed E-state index contributed by atoms with van der Waals surface area (Å²) >= 11 is 0. The van der Waals surface area contributed by atoms with E-state index in [0.29, 0.717) is 5.92 Å². The van der Waals surface area contributed by atoms with Gasteiger partial charge < -0.3 is 10.2 Å². The number of benzene rings is 4. The highest BCUT2D eigenvalue weighted by Crippen LogP contribution is 2.57. The zero-order chi connectivity index (χ0) is 22.4. The van der Waals surface area contributed by atoms with Crippen LogP contribution in [0.2, 0.25) is 0 Å². The Morgan fingerprint density at radius 2 is 1.06 bits per heavy atom. The molecule has 0 aromatic heterocycles. The molecule has 33 heavy (non-hydrogen) atoms. The summed E-state index contributed by atoms with van der Waals surface area (Å²) in [6.45, 7) is 0. The van der Waals surface area contributed by atoms with Crippen molar-refractivity contribution in [1.29, 1.82) is 0 Å². The van der Waals surface area contributed by atoms with E-state index in [1.807, 2.05) is 18.2 Å². The van der Waals surface area contributed by atoms with Crippen molar-refractivity contribution in [1.82, 2.24) is 0 Å². The predicted molar refractivity (Wildman–Crippen MR) is 132 cm³/mol. The Morgan fingerprint density at radius 1 is 0.545 bits per heavy atom. The van der Waals surface area contributed by atoms with E-state index >= 15 is 0 Å². The molecular formula is C31H28O2. The van der Waals surface area contributed by atoms with Crippen LogP contribution in [0.4, 0.5) is 0 Å². The van der Waals surface area contributed by atoms with Gasteiger partial charge in [-0.25, -0.2) is 0 Å². The van der Waals surface area contributed by atoms with Crippen LogP contribution in [0, 0.1) is 0 Å². The Morgan fingerprint density at radius 3 is 1.70 bits per heavy atom. The van der Waals surface area contributed by atoms with Gasteiger partial charge in [-0.15, -0.1) is 0 Å². The molecule has 4 aromatic rings. The Bertz CT molecular complexity index is 1290. The molecule has 2 aliphatic carbocycles. The summed E-state index contributed by atoms with van der Waals surface area (Å²) in [5.74, 6) is 0.550. The number of hydrogen-bond donors (Lipinski definition) is 2. The van der Waals surface area contributed by atoms with Crippen molar-refractivity contribution in [2.75, 3.05) is 0 Å². The zero-order valence-electron chi connectivity index (χ0n) is 18.6. The number of phenols is 2. The number of aromatic hydroxyl groups is 2. The average molecular weight is 433 g/mol. The summed E-state index contributed by atoms with van der Waals surface area (Å²) < 4.78 is 0. The molecule has 0 saturated carbocycles. The van der Waals surface area contributed by atoms with E-state index in [1.165, 1.54) is 27.8 Å². The lowest BCUT2D eigenvalue weighted by molar-refractivity contribution is 0.338. The molecule has 0 heterocycles. The summed E-state index contributed by atoms with van der Waals surface area (Å²) in [5.41, 5.74) is 7.59. The molecule has 0 aliphatic heterocycles. The summed E-state index contributed by atoms with van der Waals surface area (Å²) in [5, 5.41) is 21.0. The molecule has 4 aromatic carbocycles. The van der Waals surface area contributed by atoms with Gasteiger partial charge in [0.05, 0.1) is 0 Å². The maximum Gasteiger partial charge on any atom is 0.157 e. The van der Waals surface area contributed by atoms with Gasteiger partial charge in [-0.3, -0.25) is 0 Å². The predicted octanol–water partition coefficient (Wildman–Crippen LogP) is 7.24. The molecule has 0 bridgehead atoms. The maximum absolute atomic E-state index is 10.6. The third-order valence-electron chi connectivity index (χ3n) is 8.01. The first-order valence-electron chi connectivity index (χ1n) is 11.9. The van der Waals surface area contributed by atoms with Gasteiger partial charge in [-0.1, -0.05) is 84.9 Å². The van der Waals surface area contributed by atoms with E-state index in [-0.39, 0.29) is 22.8 Å². The molecule has 164 valence electrons. The topological polar surface area (TPSA) is 40.5 Å². The zero-order valence-corrected chi connectivity index (χ0v) is 18.6. The lowest BCUT2D eigenvalue weighted by atomic mass is 9.55. The summed E-state index contributed by atoms with van der Waals surface area (Å²) in [7, 11) is 0. The number of fused-ring (bicyclic) bond motifs is 4. The third-order valence-corrected chi connectivity index (χ3v) is 8.01. The highest BCUT2D eigenvalue weighted by Gasteiger charge is 2.46. The standard InChI is InChI=1S/C31H28O2/c32-29-19-26-24(22-11-5-2-6-12-22)16-18-31(28(26)20-30(29)33)17-15-23(21-9-3-1-4-10-21)25-13-7-8-14-27(25)31/h1-14,19-20,23-24,32-33H,15-18H2. The first-order valence-corrected chi connectivity index (χ1v) is 11.9. The Labute approximate surface area is 195 Å². The quantitative estimate of drug-likeness (QED) is 0.328. The van der Waals surface area contributed by atoms with Gasteiger partial charge in [0.25, 0.3) is 0 Å². The fourth-order valence-corrected chi connectivity index (χ4v) is 6.50. The van der Waals surface area contributed by atoms with Crippen LogP contribution in [-0.4, -0.2) is 10.2 Å². The molecule has 2 N–H and O–H groups in total. The van der Waals surface area contributed by atoms with Gasteiger partial charge in [-0.05, 0) is 71.2 Å². The van der Waals surface area contributed by atoms with E-state index in [2.05, 4.69) is 78.9 Å². The van der Waals surface area contributed by atoms with Crippen LogP contribution < -0.4 is 0 Å². The van der Waals surface area contributed by atoms with Crippen LogP contribution in [0.5, 0.6) is 11.5 Å². The van der Waals surface area contributed by atoms with Crippen LogP contribution in [0.25, 0.3) is 0 Å². The molecule has 0 amide bonds. The lowest BCUT2D eigenvalue weighted by Gasteiger charge is -2.48. The molecule has 2 aliphatic rings. The van der Waals surface area contributed by atoms with Crippen LogP contribution in [-0.2, 0) is 5.41 Å². The van der Waals surface area contributed by atoms with Crippen molar-refractivity contribution >= 4 is 0 Å². The van der Waals surface area contributed by atoms with Crippen molar-refractivity contribution < 1.29 is 10.2 Å². The van der Waals surface area contributed by atoms with Crippen molar-refractivity contribution in [3.8, 4) is 11.5 Å². The fraction of sp³-hybridized carbons (Fsp3) is 0.226. The van der Waals surface area contributed by atoms with Gasteiger partial charge in [0.1, 0.15) is 0 Å². The molecule has 0 saturated heterocycles. The minimum absolute atomic E-state index is 0.0236. The van der Waals surface area contributed by atoms with E-state index < -0.39 is 0 Å². The van der Waals surface area contributed by atoms with E-state index in [0.717, 1.165) is 31.2 Å². The molecule has 1 spiro atoms. The van der Waals surface area contributed by atoms with Crippen LogP contribution >= 0.6 is 0 Å². The summed E-state index contributed by atoms with van der Waals surface area (Å²) in [4.78, 5) is 0. The Balaban J connectivity index is 1.54. The second-order valence-corrected chi connectivity index (χ2v) is 9.60. The molecule has 3 atom stereocenters. The number of hydrogen-bond acceptors (Lipinski definition) is 2. The Kier molecular flexibility index (Phi) is 4.76. The molecule has 2 nitrogen and oxygen atoms in total. The van der Waals surface area contributed by atoms with Crippen molar-refractivity contribution in [2.45, 2.75) is 42.9 Å². The molecule has 6 rings (SSSR count). The monoisotopic (exact) mass is 432 g/mol. The molecule has 3 unspecified atom stereocenters. The molecule has 0 radical (unpaired) electrons. The SMILES string of the molecule is Oc1cc2c(cc1O)C1(CCC(c3ccccc3)c3ccccc31)CCC2c1ccccc1. The maximum atomic E-state index is 10.6. The van der Waals surface area contributed by atoms with E-state index in [4.69, 9.17) is 0 Å². The summed E-state index contributed by atoms with van der Waals surface area (Å²) in [6, 6.07) is 33.9. The van der Waals surface area contributed by atoms with Crippen LogP contribution in [0.3, 0.4) is 0 Å². The van der Waals surface area contributed by atoms with Gasteiger partial charge in [-0.2, -0.15) is 0 Å². The van der Waals surface area contributed by atoms with Crippen LogP contribution in [0.1, 0.15) is 70.9 Å². The second-order valence-electron chi connectivity index (χ2n) is 9.60. The van der Waals surface area contributed by atoms with Gasteiger partial charge in [0.2, 0.25) is 0 Å². The highest BCUT2D eigenvalue weighted by molar-refractivity contribution is 5.59. The lowest BCUT2D eigenvalue weighted by Crippen LogP contribution is -2.38. The third kappa shape index (κ3) is 3.16. The normalized spacial score (nSPS) is 23.6. The second kappa shape index (κ2) is 7.81. The Hall–Kier alpha value is -3.52. The van der Waals surface area contributed by atoms with E-state index in [9.17, 15) is 10.2 Å². The smallest absolute Gasteiger partial charge is 0.157 e. The summed E-state index contributed by atoms with van der Waals surface area (Å²) in [6.07, 6.45) is 4.15. The van der Waals surface area contributed by atoms with Crippen molar-refractivity contribution in [3.05, 3.63) is 130 Å². The van der Waals surface area contributed by atoms with Crippen molar-refractivity contribution in [3.63, 3.8) is 0 Å². The van der Waals surface area contributed by atoms with Crippen LogP contribution in [0.15, 0.2) is 97.1 Å². The highest BCUT2D eigenvalue weighted by atomic mass is 16.3. The molecule has 0 fully saturated rings.